The fourth-order valence-electron chi connectivity index (χ4n) is 2.51. The molecule has 98 valence electrons. The number of rotatable bonds is 4. The first-order chi connectivity index (χ1) is 8.72. The van der Waals surface area contributed by atoms with Gasteiger partial charge in [-0.25, -0.2) is 0 Å². The van der Waals surface area contributed by atoms with E-state index in [0.717, 1.165) is 37.4 Å². The van der Waals surface area contributed by atoms with E-state index in [4.69, 9.17) is 11.1 Å². The quantitative estimate of drug-likeness (QED) is 0.625. The summed E-state index contributed by atoms with van der Waals surface area (Å²) in [6.07, 6.45) is 1.21. The van der Waals surface area contributed by atoms with Gasteiger partial charge in [-0.3, -0.25) is 10.3 Å². The number of hydrogen-bond donors (Lipinski definition) is 2. The second-order valence-corrected chi connectivity index (χ2v) is 4.76. The summed E-state index contributed by atoms with van der Waals surface area (Å²) >= 11 is 0. The van der Waals surface area contributed by atoms with E-state index in [1.165, 1.54) is 13.0 Å². The molecule has 4 nitrogen and oxygen atoms in total. The van der Waals surface area contributed by atoms with Gasteiger partial charge in [0.25, 0.3) is 0 Å². The van der Waals surface area contributed by atoms with Crippen LogP contribution in [-0.4, -0.2) is 43.5 Å². The molecule has 1 aliphatic heterocycles. The maximum atomic E-state index is 7.64. The third-order valence-corrected chi connectivity index (χ3v) is 3.45. The molecule has 0 amide bonds. The molecule has 0 aromatic heterocycles. The lowest BCUT2D eigenvalue weighted by Gasteiger charge is -2.36. The van der Waals surface area contributed by atoms with Gasteiger partial charge in [0, 0.05) is 37.4 Å². The first kappa shape index (κ1) is 12.9. The van der Waals surface area contributed by atoms with Crippen LogP contribution in [0.15, 0.2) is 24.3 Å². The number of para-hydroxylation sites is 1. The van der Waals surface area contributed by atoms with Gasteiger partial charge in [-0.2, -0.15) is 0 Å². The standard InChI is InChI=1S/C14H22N4/c1-2-7-17-8-10-18(11-9-17)13-6-4-3-5-12(13)14(15)16/h3-6H,2,7-11H2,1H3,(H3,15,16). The molecule has 1 fully saturated rings. The molecule has 0 radical (unpaired) electrons. The molecule has 0 bridgehead atoms. The van der Waals surface area contributed by atoms with Crippen molar-refractivity contribution >= 4 is 11.5 Å². The summed E-state index contributed by atoms with van der Waals surface area (Å²) in [5.74, 6) is 0.154. The molecule has 0 saturated carbocycles. The predicted molar refractivity (Wildman–Crippen MR) is 76.4 cm³/mol. The van der Waals surface area contributed by atoms with E-state index in [1.807, 2.05) is 18.2 Å². The summed E-state index contributed by atoms with van der Waals surface area (Å²) in [6.45, 7) is 7.63. The van der Waals surface area contributed by atoms with Crippen LogP contribution in [0.25, 0.3) is 0 Å². The van der Waals surface area contributed by atoms with Crippen LogP contribution in [0.5, 0.6) is 0 Å². The SMILES string of the molecule is CCCN1CCN(c2ccccc2C(=N)N)CC1. The fourth-order valence-corrected chi connectivity index (χ4v) is 2.51. The monoisotopic (exact) mass is 246 g/mol. The smallest absolute Gasteiger partial charge is 0.124 e. The zero-order valence-corrected chi connectivity index (χ0v) is 11.0. The average molecular weight is 246 g/mol. The summed E-state index contributed by atoms with van der Waals surface area (Å²) in [4.78, 5) is 4.83. The van der Waals surface area contributed by atoms with Crippen molar-refractivity contribution in [1.29, 1.82) is 5.41 Å². The summed E-state index contributed by atoms with van der Waals surface area (Å²) in [5, 5.41) is 7.64. The predicted octanol–water partition coefficient (Wildman–Crippen LogP) is 1.50. The van der Waals surface area contributed by atoms with Crippen molar-refractivity contribution in [3.8, 4) is 0 Å². The lowest BCUT2D eigenvalue weighted by Crippen LogP contribution is -2.47. The Bertz CT molecular complexity index is 408. The highest BCUT2D eigenvalue weighted by atomic mass is 15.3. The zero-order chi connectivity index (χ0) is 13.0. The molecule has 18 heavy (non-hydrogen) atoms. The molecule has 1 aliphatic rings. The highest BCUT2D eigenvalue weighted by molar-refractivity contribution is 6.00. The van der Waals surface area contributed by atoms with Crippen molar-refractivity contribution in [3.05, 3.63) is 29.8 Å². The fraction of sp³-hybridized carbons (Fsp3) is 0.500. The normalized spacial score (nSPS) is 16.8. The van der Waals surface area contributed by atoms with E-state index in [1.54, 1.807) is 0 Å². The number of nitrogens with one attached hydrogen (secondary N) is 1. The van der Waals surface area contributed by atoms with Crippen molar-refractivity contribution in [1.82, 2.24) is 4.90 Å². The van der Waals surface area contributed by atoms with Crippen LogP contribution in [-0.2, 0) is 0 Å². The van der Waals surface area contributed by atoms with Crippen LogP contribution in [0.3, 0.4) is 0 Å². The molecular formula is C14H22N4. The van der Waals surface area contributed by atoms with E-state index in [2.05, 4.69) is 22.8 Å². The summed E-state index contributed by atoms with van der Waals surface area (Å²) in [5.41, 5.74) is 7.59. The number of nitrogen functional groups attached to an aromatic ring is 1. The van der Waals surface area contributed by atoms with Crippen LogP contribution >= 0.6 is 0 Å². The summed E-state index contributed by atoms with van der Waals surface area (Å²) < 4.78 is 0. The van der Waals surface area contributed by atoms with Gasteiger partial charge < -0.3 is 10.6 Å². The molecule has 1 aromatic carbocycles. The maximum Gasteiger partial charge on any atom is 0.124 e. The molecule has 2 rings (SSSR count). The average Bonchev–Trinajstić information content (AvgIpc) is 2.40. The van der Waals surface area contributed by atoms with Crippen LogP contribution in [0.2, 0.25) is 0 Å². The molecular weight excluding hydrogens is 224 g/mol. The topological polar surface area (TPSA) is 56.4 Å². The van der Waals surface area contributed by atoms with Gasteiger partial charge >= 0.3 is 0 Å². The molecule has 4 heteroatoms. The Morgan fingerprint density at radius 2 is 1.89 bits per heavy atom. The molecule has 0 spiro atoms. The van der Waals surface area contributed by atoms with Crippen LogP contribution in [0.1, 0.15) is 18.9 Å². The highest BCUT2D eigenvalue weighted by Gasteiger charge is 2.18. The lowest BCUT2D eigenvalue weighted by atomic mass is 10.1. The molecule has 0 aliphatic carbocycles. The Morgan fingerprint density at radius 1 is 1.22 bits per heavy atom. The van der Waals surface area contributed by atoms with Gasteiger partial charge in [-0.05, 0) is 25.1 Å². The minimum absolute atomic E-state index is 0.154. The number of nitrogens with zero attached hydrogens (tertiary/aromatic N) is 2. The van der Waals surface area contributed by atoms with Gasteiger partial charge in [0.05, 0.1) is 0 Å². The Balaban J connectivity index is 2.07. The number of anilines is 1. The van der Waals surface area contributed by atoms with Gasteiger partial charge in [-0.15, -0.1) is 0 Å². The van der Waals surface area contributed by atoms with E-state index in [0.29, 0.717) is 0 Å². The lowest BCUT2D eigenvalue weighted by molar-refractivity contribution is 0.258. The van der Waals surface area contributed by atoms with E-state index in [9.17, 15) is 0 Å². The number of amidine groups is 1. The first-order valence-corrected chi connectivity index (χ1v) is 6.63. The Labute approximate surface area is 109 Å². The van der Waals surface area contributed by atoms with Gasteiger partial charge in [0.15, 0.2) is 0 Å². The second-order valence-electron chi connectivity index (χ2n) is 4.76. The van der Waals surface area contributed by atoms with Crippen molar-refractivity contribution in [2.45, 2.75) is 13.3 Å². The second kappa shape index (κ2) is 5.87. The van der Waals surface area contributed by atoms with Crippen LogP contribution < -0.4 is 10.6 Å². The minimum Gasteiger partial charge on any atom is -0.384 e. The largest absolute Gasteiger partial charge is 0.384 e. The van der Waals surface area contributed by atoms with Crippen molar-refractivity contribution in [2.24, 2.45) is 5.73 Å². The molecule has 1 saturated heterocycles. The number of nitrogens with two attached hydrogens (primary N) is 1. The molecule has 1 aromatic rings. The summed E-state index contributed by atoms with van der Waals surface area (Å²) in [7, 11) is 0. The van der Waals surface area contributed by atoms with E-state index < -0.39 is 0 Å². The number of piperazine rings is 1. The van der Waals surface area contributed by atoms with Crippen molar-refractivity contribution < 1.29 is 0 Å². The Hall–Kier alpha value is -1.55. The van der Waals surface area contributed by atoms with E-state index >= 15 is 0 Å². The van der Waals surface area contributed by atoms with Crippen LogP contribution in [0.4, 0.5) is 5.69 Å². The van der Waals surface area contributed by atoms with Crippen LogP contribution in [0, 0.1) is 5.41 Å². The summed E-state index contributed by atoms with van der Waals surface area (Å²) in [6, 6.07) is 7.94. The van der Waals surface area contributed by atoms with Crippen molar-refractivity contribution in [2.75, 3.05) is 37.6 Å². The minimum atomic E-state index is 0.154. The molecule has 3 N–H and O–H groups in total. The van der Waals surface area contributed by atoms with Gasteiger partial charge in [0.2, 0.25) is 0 Å². The zero-order valence-electron chi connectivity index (χ0n) is 11.0. The van der Waals surface area contributed by atoms with Crippen molar-refractivity contribution in [3.63, 3.8) is 0 Å². The molecule has 0 atom stereocenters. The highest BCUT2D eigenvalue weighted by Crippen LogP contribution is 2.21. The Kier molecular flexibility index (Phi) is 4.20. The Morgan fingerprint density at radius 3 is 2.50 bits per heavy atom. The maximum absolute atomic E-state index is 7.64. The molecule has 1 heterocycles. The third-order valence-electron chi connectivity index (χ3n) is 3.45. The van der Waals surface area contributed by atoms with E-state index in [-0.39, 0.29) is 5.84 Å². The van der Waals surface area contributed by atoms with Gasteiger partial charge in [-0.1, -0.05) is 19.1 Å². The first-order valence-electron chi connectivity index (χ1n) is 6.63. The molecule has 0 unspecified atom stereocenters. The third kappa shape index (κ3) is 2.82. The number of benzene rings is 1. The number of hydrogen-bond acceptors (Lipinski definition) is 3. The van der Waals surface area contributed by atoms with Gasteiger partial charge in [0.1, 0.15) is 5.84 Å².